The average Bonchev–Trinajstić information content (AvgIpc) is 3.26. The van der Waals surface area contributed by atoms with E-state index in [0.29, 0.717) is 43.3 Å². The van der Waals surface area contributed by atoms with Crippen molar-refractivity contribution in [3.8, 4) is 5.75 Å². The molecular weight excluding hydrogens is 360 g/mol. The molecule has 7 nitrogen and oxygen atoms in total. The zero-order valence-electron chi connectivity index (χ0n) is 16.2. The molecule has 2 fully saturated rings. The van der Waals surface area contributed by atoms with Crippen molar-refractivity contribution < 1.29 is 24.2 Å². The molecule has 3 unspecified atom stereocenters. The van der Waals surface area contributed by atoms with E-state index in [2.05, 4.69) is 5.32 Å². The summed E-state index contributed by atoms with van der Waals surface area (Å²) < 4.78 is 5.46. The standard InChI is InChI=1S/C21H28N2O5/c1-2-28-17-10-4-3-8-16(17)20(25)22-12-6-11-18(24)23-13-14-7-5-9-15(14)19(23)21(26)27/h3-4,8,10,14-15,19H,2,5-7,9,11-13H2,1H3,(H,22,25)(H,26,27). The van der Waals surface area contributed by atoms with Crippen LogP contribution in [-0.4, -0.2) is 53.5 Å². The Morgan fingerprint density at radius 3 is 2.79 bits per heavy atom. The van der Waals surface area contributed by atoms with Gasteiger partial charge in [-0.05, 0) is 50.2 Å². The molecule has 0 aromatic heterocycles. The summed E-state index contributed by atoms with van der Waals surface area (Å²) in [6, 6.07) is 6.35. The van der Waals surface area contributed by atoms with Gasteiger partial charge in [0.25, 0.3) is 5.91 Å². The zero-order chi connectivity index (χ0) is 20.1. The van der Waals surface area contributed by atoms with Gasteiger partial charge in [-0.1, -0.05) is 18.6 Å². The number of fused-ring (bicyclic) bond motifs is 1. The number of carboxylic acid groups (broad SMARTS) is 1. The molecule has 1 aromatic carbocycles. The molecule has 1 saturated heterocycles. The molecule has 7 heteroatoms. The maximum Gasteiger partial charge on any atom is 0.326 e. The number of nitrogens with one attached hydrogen (secondary N) is 1. The molecule has 3 atom stereocenters. The minimum atomic E-state index is -0.899. The maximum atomic E-state index is 12.6. The molecule has 2 N–H and O–H groups in total. The second-order valence-corrected chi connectivity index (χ2v) is 7.47. The number of aliphatic carboxylic acids is 1. The number of benzene rings is 1. The number of rotatable bonds is 8. The summed E-state index contributed by atoms with van der Waals surface area (Å²) in [7, 11) is 0. The van der Waals surface area contributed by atoms with Gasteiger partial charge in [0.05, 0.1) is 12.2 Å². The highest BCUT2D eigenvalue weighted by Gasteiger charge is 2.49. The quantitative estimate of drug-likeness (QED) is 0.666. The number of likely N-dealkylation sites (tertiary alicyclic amines) is 1. The zero-order valence-corrected chi connectivity index (χ0v) is 16.2. The van der Waals surface area contributed by atoms with E-state index in [1.807, 2.05) is 13.0 Å². The number of hydrogen-bond donors (Lipinski definition) is 2. The van der Waals surface area contributed by atoms with E-state index in [1.54, 1.807) is 23.1 Å². The van der Waals surface area contributed by atoms with Crippen LogP contribution in [0.25, 0.3) is 0 Å². The summed E-state index contributed by atoms with van der Waals surface area (Å²) in [4.78, 5) is 38.1. The van der Waals surface area contributed by atoms with E-state index in [0.717, 1.165) is 19.3 Å². The fraction of sp³-hybridized carbons (Fsp3) is 0.571. The van der Waals surface area contributed by atoms with E-state index in [4.69, 9.17) is 4.74 Å². The minimum absolute atomic E-state index is 0.0937. The Labute approximate surface area is 165 Å². The topological polar surface area (TPSA) is 95.9 Å². The van der Waals surface area contributed by atoms with Gasteiger partial charge < -0.3 is 20.1 Å². The Balaban J connectivity index is 1.48. The van der Waals surface area contributed by atoms with Crippen LogP contribution in [0.15, 0.2) is 24.3 Å². The monoisotopic (exact) mass is 388 g/mol. The molecule has 1 saturated carbocycles. The molecule has 0 bridgehead atoms. The van der Waals surface area contributed by atoms with Crippen LogP contribution in [0.2, 0.25) is 0 Å². The van der Waals surface area contributed by atoms with Crippen LogP contribution >= 0.6 is 0 Å². The fourth-order valence-corrected chi connectivity index (χ4v) is 4.49. The lowest BCUT2D eigenvalue weighted by molar-refractivity contribution is -0.149. The van der Waals surface area contributed by atoms with Crippen molar-refractivity contribution in [2.24, 2.45) is 11.8 Å². The van der Waals surface area contributed by atoms with Crippen LogP contribution in [0.1, 0.15) is 49.4 Å². The first kappa shape index (κ1) is 20.2. The number of ether oxygens (including phenoxy) is 1. The molecule has 1 aromatic rings. The third-order valence-electron chi connectivity index (χ3n) is 5.75. The second kappa shape index (κ2) is 9.08. The smallest absolute Gasteiger partial charge is 0.326 e. The summed E-state index contributed by atoms with van der Waals surface area (Å²) >= 11 is 0. The van der Waals surface area contributed by atoms with Crippen molar-refractivity contribution in [1.82, 2.24) is 10.2 Å². The Morgan fingerprint density at radius 2 is 2.04 bits per heavy atom. The largest absolute Gasteiger partial charge is 0.493 e. The maximum absolute atomic E-state index is 12.6. The van der Waals surface area contributed by atoms with Crippen LogP contribution in [0.4, 0.5) is 0 Å². The lowest BCUT2D eigenvalue weighted by Crippen LogP contribution is -2.43. The van der Waals surface area contributed by atoms with E-state index in [-0.39, 0.29) is 24.2 Å². The predicted molar refractivity (Wildman–Crippen MR) is 103 cm³/mol. The Kier molecular flexibility index (Phi) is 6.54. The van der Waals surface area contributed by atoms with Gasteiger partial charge >= 0.3 is 5.97 Å². The highest BCUT2D eigenvalue weighted by atomic mass is 16.5. The minimum Gasteiger partial charge on any atom is -0.493 e. The Bertz CT molecular complexity index is 735. The molecular formula is C21H28N2O5. The molecule has 1 aliphatic carbocycles. The van der Waals surface area contributed by atoms with E-state index in [9.17, 15) is 19.5 Å². The summed E-state index contributed by atoms with van der Waals surface area (Å²) in [5.74, 6) is -0.326. The SMILES string of the molecule is CCOc1ccccc1C(=O)NCCCC(=O)N1CC2CCCC2C1C(=O)O. The number of carbonyl (C=O) groups excluding carboxylic acids is 2. The van der Waals surface area contributed by atoms with Gasteiger partial charge in [-0.3, -0.25) is 9.59 Å². The molecule has 28 heavy (non-hydrogen) atoms. The summed E-state index contributed by atoms with van der Waals surface area (Å²) in [5, 5.41) is 12.4. The van der Waals surface area contributed by atoms with Gasteiger partial charge in [-0.2, -0.15) is 0 Å². The van der Waals surface area contributed by atoms with Crippen molar-refractivity contribution >= 4 is 17.8 Å². The van der Waals surface area contributed by atoms with Crippen molar-refractivity contribution in [3.63, 3.8) is 0 Å². The highest BCUT2D eigenvalue weighted by molar-refractivity contribution is 5.96. The van der Waals surface area contributed by atoms with Crippen molar-refractivity contribution in [3.05, 3.63) is 29.8 Å². The molecule has 3 rings (SSSR count). The summed E-state index contributed by atoms with van der Waals surface area (Å²) in [5.41, 5.74) is 0.467. The molecule has 2 aliphatic rings. The van der Waals surface area contributed by atoms with E-state index >= 15 is 0 Å². The summed E-state index contributed by atoms with van der Waals surface area (Å²) in [6.45, 7) is 3.23. The lowest BCUT2D eigenvalue weighted by atomic mass is 9.94. The third-order valence-corrected chi connectivity index (χ3v) is 5.75. The molecule has 0 radical (unpaired) electrons. The van der Waals surface area contributed by atoms with E-state index < -0.39 is 12.0 Å². The second-order valence-electron chi connectivity index (χ2n) is 7.47. The number of amides is 2. The van der Waals surface area contributed by atoms with Gasteiger partial charge in [0.1, 0.15) is 11.8 Å². The lowest BCUT2D eigenvalue weighted by Gasteiger charge is -2.24. The van der Waals surface area contributed by atoms with Crippen LogP contribution in [0.5, 0.6) is 5.75 Å². The van der Waals surface area contributed by atoms with Crippen LogP contribution < -0.4 is 10.1 Å². The number of nitrogens with zero attached hydrogens (tertiary/aromatic N) is 1. The van der Waals surface area contributed by atoms with Crippen LogP contribution in [-0.2, 0) is 9.59 Å². The number of carbonyl (C=O) groups is 3. The molecule has 152 valence electrons. The predicted octanol–water partition coefficient (Wildman–Crippen LogP) is 2.31. The third kappa shape index (κ3) is 4.29. The fourth-order valence-electron chi connectivity index (χ4n) is 4.49. The van der Waals surface area contributed by atoms with Crippen molar-refractivity contribution in [2.75, 3.05) is 19.7 Å². The van der Waals surface area contributed by atoms with E-state index in [1.165, 1.54) is 0 Å². The summed E-state index contributed by atoms with van der Waals surface area (Å²) in [6.07, 6.45) is 3.65. The Morgan fingerprint density at radius 1 is 1.25 bits per heavy atom. The first-order valence-electron chi connectivity index (χ1n) is 10.0. The Hall–Kier alpha value is -2.57. The molecule has 0 spiro atoms. The molecule has 2 amide bonds. The number of carboxylic acids is 1. The van der Waals surface area contributed by atoms with Gasteiger partial charge in [0.15, 0.2) is 0 Å². The average molecular weight is 388 g/mol. The van der Waals surface area contributed by atoms with Gasteiger partial charge in [0.2, 0.25) is 5.91 Å². The number of para-hydroxylation sites is 1. The van der Waals surface area contributed by atoms with Gasteiger partial charge in [0, 0.05) is 19.5 Å². The molecule has 1 aliphatic heterocycles. The van der Waals surface area contributed by atoms with Gasteiger partial charge in [-0.25, -0.2) is 4.79 Å². The van der Waals surface area contributed by atoms with Crippen molar-refractivity contribution in [1.29, 1.82) is 0 Å². The first-order valence-corrected chi connectivity index (χ1v) is 10.0. The highest BCUT2D eigenvalue weighted by Crippen LogP contribution is 2.42. The van der Waals surface area contributed by atoms with Crippen LogP contribution in [0, 0.1) is 11.8 Å². The normalized spacial score (nSPS) is 23.3. The van der Waals surface area contributed by atoms with Crippen LogP contribution in [0.3, 0.4) is 0 Å². The van der Waals surface area contributed by atoms with Crippen molar-refractivity contribution in [2.45, 2.75) is 45.1 Å². The number of hydrogen-bond acceptors (Lipinski definition) is 4. The molecule has 1 heterocycles. The van der Waals surface area contributed by atoms with Gasteiger partial charge in [-0.15, -0.1) is 0 Å². The first-order chi connectivity index (χ1) is 13.5.